The summed E-state index contributed by atoms with van der Waals surface area (Å²) in [6, 6.07) is 10.1. The van der Waals surface area contributed by atoms with Crippen LogP contribution < -0.4 is 15.1 Å². The van der Waals surface area contributed by atoms with Crippen LogP contribution in [-0.2, 0) is 21.2 Å². The van der Waals surface area contributed by atoms with Crippen molar-refractivity contribution in [1.29, 1.82) is 0 Å². The summed E-state index contributed by atoms with van der Waals surface area (Å²) in [4.78, 5) is 24.8. The first-order valence-electron chi connectivity index (χ1n) is 10.5. The summed E-state index contributed by atoms with van der Waals surface area (Å²) in [6.45, 7) is 7.43. The molecule has 0 saturated heterocycles. The van der Waals surface area contributed by atoms with Gasteiger partial charge in [-0.05, 0) is 56.0 Å². The first-order chi connectivity index (χ1) is 15.1. The van der Waals surface area contributed by atoms with Crippen LogP contribution in [0.3, 0.4) is 0 Å². The quantitative estimate of drug-likeness (QED) is 0.311. The molecule has 7 nitrogen and oxygen atoms in total. The molecule has 0 spiro atoms. The predicted molar refractivity (Wildman–Crippen MR) is 122 cm³/mol. The minimum atomic E-state index is -3.91. The van der Waals surface area contributed by atoms with E-state index >= 15 is 0 Å². The van der Waals surface area contributed by atoms with E-state index in [2.05, 4.69) is 4.72 Å². The maximum absolute atomic E-state index is 13.0. The number of sulfonamides is 1. The number of nitrogens with one attached hydrogen (secondary N) is 1. The van der Waals surface area contributed by atoms with E-state index in [9.17, 15) is 18.0 Å². The number of fused-ring (bicyclic) bond motifs is 1. The van der Waals surface area contributed by atoms with Crippen LogP contribution in [0.1, 0.15) is 43.4 Å². The standard InChI is InChI=1S/C24H27NO6S/c1-5-7-20(25-32(28,29)18-10-8-15(3)9-11-18)24(27)31-21-14-22-19(13-17(21)6-2)16(4)12-23(26)30-22/h8-14,20,25H,5-7H2,1-4H3/t20-/m0/s1. The maximum atomic E-state index is 13.0. The summed E-state index contributed by atoms with van der Waals surface area (Å²) in [5.74, 6) is -0.471. The van der Waals surface area contributed by atoms with Gasteiger partial charge in [0.05, 0.1) is 4.90 Å². The molecule has 1 atom stereocenters. The van der Waals surface area contributed by atoms with Gasteiger partial charge in [-0.3, -0.25) is 0 Å². The molecule has 1 heterocycles. The molecular formula is C24H27NO6S. The van der Waals surface area contributed by atoms with Gasteiger partial charge >= 0.3 is 11.6 Å². The number of ether oxygens (including phenoxy) is 1. The monoisotopic (exact) mass is 457 g/mol. The van der Waals surface area contributed by atoms with Gasteiger partial charge in [-0.1, -0.05) is 38.0 Å². The SMILES string of the molecule is CCC[C@H](NS(=O)(=O)c1ccc(C)cc1)C(=O)Oc1cc2oc(=O)cc(C)c2cc1CC. The second-order valence-electron chi connectivity index (χ2n) is 7.75. The summed E-state index contributed by atoms with van der Waals surface area (Å²) in [5.41, 5.74) is 2.25. The van der Waals surface area contributed by atoms with E-state index in [0.29, 0.717) is 18.4 Å². The Kier molecular flexibility index (Phi) is 7.16. The van der Waals surface area contributed by atoms with Gasteiger partial charge in [0.2, 0.25) is 10.0 Å². The number of carbonyl (C=O) groups excluding carboxylic acids is 1. The topological polar surface area (TPSA) is 103 Å². The Labute approximate surface area is 187 Å². The first-order valence-corrected chi connectivity index (χ1v) is 12.0. The first kappa shape index (κ1) is 23.7. The molecule has 1 N–H and O–H groups in total. The van der Waals surface area contributed by atoms with Crippen molar-refractivity contribution in [2.75, 3.05) is 0 Å². The lowest BCUT2D eigenvalue weighted by Crippen LogP contribution is -2.43. The maximum Gasteiger partial charge on any atom is 0.336 e. The van der Waals surface area contributed by atoms with Crippen molar-refractivity contribution in [2.24, 2.45) is 0 Å². The Hall–Kier alpha value is -2.97. The lowest BCUT2D eigenvalue weighted by Gasteiger charge is -2.18. The highest BCUT2D eigenvalue weighted by molar-refractivity contribution is 7.89. The third kappa shape index (κ3) is 5.26. The number of hydrogen-bond acceptors (Lipinski definition) is 6. The molecule has 2 aromatic carbocycles. The fraction of sp³-hybridized carbons (Fsp3) is 0.333. The van der Waals surface area contributed by atoms with Gasteiger partial charge in [0.1, 0.15) is 17.4 Å². The predicted octanol–water partition coefficient (Wildman–Crippen LogP) is 4.02. The number of hydrogen-bond donors (Lipinski definition) is 1. The van der Waals surface area contributed by atoms with Crippen molar-refractivity contribution < 1.29 is 22.4 Å². The summed E-state index contributed by atoms with van der Waals surface area (Å²) in [7, 11) is -3.91. The molecule has 3 rings (SSSR count). The smallest absolute Gasteiger partial charge is 0.336 e. The molecular weight excluding hydrogens is 430 g/mol. The van der Waals surface area contributed by atoms with E-state index in [4.69, 9.17) is 9.15 Å². The molecule has 8 heteroatoms. The highest BCUT2D eigenvalue weighted by Crippen LogP contribution is 2.28. The molecule has 0 bridgehead atoms. The van der Waals surface area contributed by atoms with E-state index in [-0.39, 0.29) is 17.1 Å². The van der Waals surface area contributed by atoms with Crippen molar-refractivity contribution in [3.8, 4) is 5.75 Å². The van der Waals surface area contributed by atoms with Gasteiger partial charge in [-0.2, -0.15) is 4.72 Å². The number of rotatable bonds is 8. The minimum absolute atomic E-state index is 0.0780. The minimum Gasteiger partial charge on any atom is -0.425 e. The molecule has 0 aliphatic carbocycles. The van der Waals surface area contributed by atoms with Crippen LogP contribution in [-0.4, -0.2) is 20.4 Å². The van der Waals surface area contributed by atoms with Crippen LogP contribution in [0.15, 0.2) is 56.6 Å². The highest BCUT2D eigenvalue weighted by Gasteiger charge is 2.27. The molecule has 3 aromatic rings. The van der Waals surface area contributed by atoms with Crippen LogP contribution in [0, 0.1) is 13.8 Å². The lowest BCUT2D eigenvalue weighted by atomic mass is 10.1. The summed E-state index contributed by atoms with van der Waals surface area (Å²) >= 11 is 0. The lowest BCUT2D eigenvalue weighted by molar-refractivity contribution is -0.136. The largest absolute Gasteiger partial charge is 0.425 e. The van der Waals surface area contributed by atoms with Gasteiger partial charge in [0.15, 0.2) is 0 Å². The highest BCUT2D eigenvalue weighted by atomic mass is 32.2. The Balaban J connectivity index is 1.91. The zero-order valence-electron chi connectivity index (χ0n) is 18.6. The third-order valence-electron chi connectivity index (χ3n) is 5.21. The Morgan fingerprint density at radius 2 is 1.78 bits per heavy atom. The second-order valence-corrected chi connectivity index (χ2v) is 9.47. The average molecular weight is 458 g/mol. The van der Waals surface area contributed by atoms with Gasteiger partial charge in [-0.25, -0.2) is 18.0 Å². The van der Waals surface area contributed by atoms with Crippen LogP contribution in [0.4, 0.5) is 0 Å². The Morgan fingerprint density at radius 3 is 2.41 bits per heavy atom. The normalized spacial score (nSPS) is 12.6. The zero-order chi connectivity index (χ0) is 23.5. The van der Waals surface area contributed by atoms with E-state index in [1.54, 1.807) is 12.1 Å². The Bertz CT molecular complexity index is 1290. The van der Waals surface area contributed by atoms with Crippen LogP contribution in [0.2, 0.25) is 0 Å². The molecule has 0 amide bonds. The van der Waals surface area contributed by atoms with Crippen molar-refractivity contribution >= 4 is 27.0 Å². The fourth-order valence-corrected chi connectivity index (χ4v) is 4.65. The summed E-state index contributed by atoms with van der Waals surface area (Å²) in [6.07, 6.45) is 1.42. The van der Waals surface area contributed by atoms with Gasteiger partial charge < -0.3 is 9.15 Å². The molecule has 0 aliphatic rings. The molecule has 170 valence electrons. The van der Waals surface area contributed by atoms with Gasteiger partial charge in [0.25, 0.3) is 0 Å². The Morgan fingerprint density at radius 1 is 1.09 bits per heavy atom. The van der Waals surface area contributed by atoms with Crippen molar-refractivity contribution in [2.45, 2.75) is 57.9 Å². The molecule has 1 aromatic heterocycles. The third-order valence-corrected chi connectivity index (χ3v) is 6.70. The number of benzene rings is 2. The number of carbonyl (C=O) groups is 1. The van der Waals surface area contributed by atoms with Crippen molar-refractivity contribution in [1.82, 2.24) is 4.72 Å². The van der Waals surface area contributed by atoms with Crippen LogP contribution >= 0.6 is 0 Å². The van der Waals surface area contributed by atoms with Crippen molar-refractivity contribution in [3.05, 3.63) is 69.6 Å². The molecule has 0 unspecified atom stereocenters. The molecule has 32 heavy (non-hydrogen) atoms. The number of aryl methyl sites for hydroxylation is 3. The van der Waals surface area contributed by atoms with E-state index in [1.807, 2.05) is 33.8 Å². The summed E-state index contributed by atoms with van der Waals surface area (Å²) in [5, 5.41) is 0.756. The fourth-order valence-electron chi connectivity index (χ4n) is 3.43. The molecule has 0 aliphatic heterocycles. The van der Waals surface area contributed by atoms with Gasteiger partial charge in [0, 0.05) is 17.5 Å². The van der Waals surface area contributed by atoms with E-state index in [0.717, 1.165) is 22.1 Å². The van der Waals surface area contributed by atoms with Crippen molar-refractivity contribution in [3.63, 3.8) is 0 Å². The van der Waals surface area contributed by atoms with Crippen LogP contribution in [0.5, 0.6) is 5.75 Å². The van der Waals surface area contributed by atoms with Gasteiger partial charge in [-0.15, -0.1) is 0 Å². The number of esters is 1. The zero-order valence-corrected chi connectivity index (χ0v) is 19.4. The average Bonchev–Trinajstić information content (AvgIpc) is 2.73. The molecule has 0 fully saturated rings. The second kappa shape index (κ2) is 9.67. The summed E-state index contributed by atoms with van der Waals surface area (Å²) < 4.78 is 38.9. The molecule has 0 saturated carbocycles. The van der Waals surface area contributed by atoms with Crippen LogP contribution in [0.25, 0.3) is 11.0 Å². The van der Waals surface area contributed by atoms with E-state index < -0.39 is 27.7 Å². The molecule has 0 radical (unpaired) electrons. The van der Waals surface area contributed by atoms with E-state index in [1.165, 1.54) is 24.3 Å².